The molecule has 150 valence electrons. The molecule has 0 amide bonds. The number of hydrogen-bond donors (Lipinski definition) is 5. The van der Waals surface area contributed by atoms with Crippen LogP contribution in [0.3, 0.4) is 0 Å². The highest BCUT2D eigenvalue weighted by Gasteiger charge is 2.10. The molecule has 0 saturated heterocycles. The van der Waals surface area contributed by atoms with Crippen LogP contribution in [-0.4, -0.2) is 31.5 Å². The van der Waals surface area contributed by atoms with Gasteiger partial charge in [0.15, 0.2) is 0 Å². The number of ether oxygens (including phenoxy) is 2. The fourth-order valence-electron chi connectivity index (χ4n) is 2.67. The van der Waals surface area contributed by atoms with Crippen molar-refractivity contribution >= 4 is 5.97 Å². The van der Waals surface area contributed by atoms with Crippen molar-refractivity contribution in [2.24, 2.45) is 0 Å². The monoisotopic (exact) mass is 398 g/mol. The van der Waals surface area contributed by atoms with E-state index >= 15 is 0 Å². The van der Waals surface area contributed by atoms with E-state index in [0.717, 1.165) is 0 Å². The minimum atomic E-state index is -1.18. The predicted molar refractivity (Wildman–Crippen MR) is 102 cm³/mol. The number of phenolic OH excluding ortho intramolecular Hbond substituents is 4. The molecule has 8 heteroatoms. The molecule has 0 heterocycles. The lowest BCUT2D eigenvalue weighted by atomic mass is 10.2. The van der Waals surface area contributed by atoms with E-state index in [1.807, 2.05) is 0 Å². The molecular weight excluding hydrogens is 380 g/mol. The molecule has 0 aliphatic carbocycles. The highest BCUT2D eigenvalue weighted by molar-refractivity contribution is 5.88. The van der Waals surface area contributed by atoms with Crippen LogP contribution in [0.1, 0.15) is 21.5 Å². The van der Waals surface area contributed by atoms with Gasteiger partial charge >= 0.3 is 5.97 Å². The normalized spacial score (nSPS) is 10.5. The van der Waals surface area contributed by atoms with Gasteiger partial charge in [0.05, 0.1) is 5.56 Å². The van der Waals surface area contributed by atoms with Crippen molar-refractivity contribution < 1.29 is 39.8 Å². The SMILES string of the molecule is O=C(O)c1cc(OCc2cc(O)cc(O)c2)cc(OCc2cc(O)cc(O)c2)c1. The van der Waals surface area contributed by atoms with Gasteiger partial charge in [-0.3, -0.25) is 0 Å². The van der Waals surface area contributed by atoms with E-state index in [0.29, 0.717) is 11.1 Å². The Kier molecular flexibility index (Phi) is 5.64. The van der Waals surface area contributed by atoms with Crippen LogP contribution in [-0.2, 0) is 13.2 Å². The number of aromatic carboxylic acids is 1. The Morgan fingerprint density at radius 1 is 0.621 bits per heavy atom. The van der Waals surface area contributed by atoms with Crippen LogP contribution < -0.4 is 9.47 Å². The topological polar surface area (TPSA) is 137 Å². The number of phenols is 4. The number of rotatable bonds is 7. The zero-order chi connectivity index (χ0) is 21.0. The zero-order valence-electron chi connectivity index (χ0n) is 15.1. The molecule has 0 fully saturated rings. The molecule has 0 unspecified atom stereocenters. The summed E-state index contributed by atoms with van der Waals surface area (Å²) in [7, 11) is 0. The van der Waals surface area contributed by atoms with Gasteiger partial charge in [0.1, 0.15) is 47.7 Å². The number of hydrogen-bond acceptors (Lipinski definition) is 7. The van der Waals surface area contributed by atoms with Crippen molar-refractivity contribution in [1.82, 2.24) is 0 Å². The Balaban J connectivity index is 1.77. The van der Waals surface area contributed by atoms with Crippen LogP contribution in [0.2, 0.25) is 0 Å². The summed E-state index contributed by atoms with van der Waals surface area (Å²) in [5.41, 5.74) is 0.914. The average molecular weight is 398 g/mol. The summed E-state index contributed by atoms with van der Waals surface area (Å²) in [6.07, 6.45) is 0. The first-order valence-corrected chi connectivity index (χ1v) is 8.46. The van der Waals surface area contributed by atoms with Gasteiger partial charge in [-0.05, 0) is 47.5 Å². The molecule has 3 aromatic rings. The third kappa shape index (κ3) is 5.46. The summed E-state index contributed by atoms with van der Waals surface area (Å²) in [5, 5.41) is 47.4. The van der Waals surface area contributed by atoms with Crippen molar-refractivity contribution in [2.45, 2.75) is 13.2 Å². The van der Waals surface area contributed by atoms with Gasteiger partial charge in [0, 0.05) is 18.2 Å². The maximum Gasteiger partial charge on any atom is 0.335 e. The number of aromatic hydroxyl groups is 4. The minimum Gasteiger partial charge on any atom is -0.508 e. The molecule has 0 aromatic heterocycles. The molecule has 0 saturated carbocycles. The predicted octanol–water partition coefficient (Wildman–Crippen LogP) is 3.37. The van der Waals surface area contributed by atoms with E-state index < -0.39 is 5.97 Å². The highest BCUT2D eigenvalue weighted by Crippen LogP contribution is 2.27. The van der Waals surface area contributed by atoms with Crippen LogP contribution in [0.4, 0.5) is 0 Å². The summed E-state index contributed by atoms with van der Waals surface area (Å²) < 4.78 is 11.2. The second-order valence-corrected chi connectivity index (χ2v) is 6.29. The molecular formula is C21H18O8. The molecule has 3 rings (SSSR count). The Morgan fingerprint density at radius 2 is 1.00 bits per heavy atom. The van der Waals surface area contributed by atoms with E-state index in [2.05, 4.69) is 0 Å². The van der Waals surface area contributed by atoms with Gasteiger partial charge in [-0.2, -0.15) is 0 Å². The molecule has 8 nitrogen and oxygen atoms in total. The van der Waals surface area contributed by atoms with Gasteiger partial charge in [-0.1, -0.05) is 0 Å². The van der Waals surface area contributed by atoms with Gasteiger partial charge in [-0.25, -0.2) is 4.79 Å². The quantitative estimate of drug-likeness (QED) is 0.409. The van der Waals surface area contributed by atoms with Crippen molar-refractivity contribution in [3.63, 3.8) is 0 Å². The molecule has 0 aliphatic heterocycles. The lowest BCUT2D eigenvalue weighted by Crippen LogP contribution is -2.02. The summed E-state index contributed by atoms with van der Waals surface area (Å²) in [5.74, 6) is -1.25. The molecule has 0 spiro atoms. The summed E-state index contributed by atoms with van der Waals surface area (Å²) >= 11 is 0. The Morgan fingerprint density at radius 3 is 1.34 bits per heavy atom. The van der Waals surface area contributed by atoms with Crippen LogP contribution >= 0.6 is 0 Å². The van der Waals surface area contributed by atoms with E-state index in [1.54, 1.807) is 0 Å². The lowest BCUT2D eigenvalue weighted by Gasteiger charge is -2.12. The fourth-order valence-corrected chi connectivity index (χ4v) is 2.67. The van der Waals surface area contributed by atoms with Gasteiger partial charge in [0.25, 0.3) is 0 Å². The van der Waals surface area contributed by atoms with E-state index in [-0.39, 0.29) is 53.3 Å². The maximum absolute atomic E-state index is 11.4. The fraction of sp³-hybridized carbons (Fsp3) is 0.0952. The molecule has 0 bridgehead atoms. The third-order valence-electron chi connectivity index (χ3n) is 3.86. The summed E-state index contributed by atoms with van der Waals surface area (Å²) in [4.78, 5) is 11.4. The van der Waals surface area contributed by atoms with Gasteiger partial charge in [0.2, 0.25) is 0 Å². The number of carboxylic acid groups (broad SMARTS) is 1. The first-order chi connectivity index (χ1) is 13.8. The largest absolute Gasteiger partial charge is 0.508 e. The molecule has 0 radical (unpaired) electrons. The average Bonchev–Trinajstić information content (AvgIpc) is 2.63. The van der Waals surface area contributed by atoms with Crippen molar-refractivity contribution in [1.29, 1.82) is 0 Å². The second kappa shape index (κ2) is 8.30. The zero-order valence-corrected chi connectivity index (χ0v) is 15.1. The van der Waals surface area contributed by atoms with Crippen molar-refractivity contribution in [3.05, 3.63) is 71.3 Å². The van der Waals surface area contributed by atoms with Gasteiger partial charge in [-0.15, -0.1) is 0 Å². The molecule has 5 N–H and O–H groups in total. The minimum absolute atomic E-state index is 0.0229. The van der Waals surface area contributed by atoms with E-state index in [1.165, 1.54) is 54.6 Å². The lowest BCUT2D eigenvalue weighted by molar-refractivity contribution is 0.0695. The van der Waals surface area contributed by atoms with Crippen LogP contribution in [0.25, 0.3) is 0 Å². The highest BCUT2D eigenvalue weighted by atomic mass is 16.5. The first kappa shape index (κ1) is 19.7. The van der Waals surface area contributed by atoms with Crippen molar-refractivity contribution in [2.75, 3.05) is 0 Å². The van der Waals surface area contributed by atoms with Crippen LogP contribution in [0.15, 0.2) is 54.6 Å². The van der Waals surface area contributed by atoms with Crippen LogP contribution in [0.5, 0.6) is 34.5 Å². The molecule has 0 aliphatic rings. The third-order valence-corrected chi connectivity index (χ3v) is 3.86. The Bertz CT molecular complexity index is 931. The molecule has 0 atom stereocenters. The number of benzene rings is 3. The van der Waals surface area contributed by atoms with Gasteiger partial charge < -0.3 is 35.0 Å². The summed E-state index contributed by atoms with van der Waals surface area (Å²) in [6.45, 7) is -0.0458. The second-order valence-electron chi connectivity index (χ2n) is 6.29. The number of carbonyl (C=O) groups is 1. The van der Waals surface area contributed by atoms with Crippen LogP contribution in [0, 0.1) is 0 Å². The molecule has 3 aromatic carbocycles. The summed E-state index contributed by atoms with van der Waals surface area (Å²) in [6, 6.07) is 12.1. The van der Waals surface area contributed by atoms with E-state index in [9.17, 15) is 30.3 Å². The van der Waals surface area contributed by atoms with E-state index in [4.69, 9.17) is 9.47 Å². The maximum atomic E-state index is 11.4. The standard InChI is InChI=1S/C21H18O8/c22-15-1-12(2-16(23)7-15)10-28-19-5-14(21(26)27)6-20(9-19)29-11-13-3-17(24)8-18(25)4-13/h1-9,22-25H,10-11H2,(H,26,27). The smallest absolute Gasteiger partial charge is 0.335 e. The number of carboxylic acids is 1. The Labute approximate surface area is 165 Å². The Hall–Kier alpha value is -4.07. The first-order valence-electron chi connectivity index (χ1n) is 8.46. The molecule has 29 heavy (non-hydrogen) atoms. The van der Waals surface area contributed by atoms with Crippen molar-refractivity contribution in [3.8, 4) is 34.5 Å².